The molecular formula is C20H24BrNO2. The summed E-state index contributed by atoms with van der Waals surface area (Å²) in [5, 5.41) is 0. The Hall–Kier alpha value is -1.65. The summed E-state index contributed by atoms with van der Waals surface area (Å²) in [5.41, 5.74) is 2.11. The van der Waals surface area contributed by atoms with E-state index in [1.165, 1.54) is 0 Å². The first-order valence-corrected chi connectivity index (χ1v) is 9.00. The smallest absolute Gasteiger partial charge is 0.320 e. The fourth-order valence-electron chi connectivity index (χ4n) is 2.46. The third kappa shape index (κ3) is 5.18. The second-order valence-corrected chi connectivity index (χ2v) is 7.23. The Morgan fingerprint density at radius 3 is 2.12 bits per heavy atom. The molecule has 0 saturated carbocycles. The van der Waals surface area contributed by atoms with Gasteiger partial charge < -0.3 is 9.64 Å². The molecule has 0 bridgehead atoms. The van der Waals surface area contributed by atoms with Crippen molar-refractivity contribution in [2.24, 2.45) is 0 Å². The standard InChI is InChI=1S/C20H24BrNO2/c1-15(22(2)3)19(17-12-8-5-9-13-17)24-20(23)18(21)14-16-10-6-4-7-11-16/h4-13,15,18-19H,14H2,1-3H3/t15-,18?,19+/m0/s1. The van der Waals surface area contributed by atoms with Gasteiger partial charge in [0.25, 0.3) is 0 Å². The molecule has 128 valence electrons. The SMILES string of the molecule is C[C@@H]([C@@H](OC(=O)C(Br)Cc1ccccc1)c1ccccc1)N(C)C. The highest BCUT2D eigenvalue weighted by Gasteiger charge is 2.28. The van der Waals surface area contributed by atoms with Gasteiger partial charge in [0.05, 0.1) is 0 Å². The van der Waals surface area contributed by atoms with E-state index in [9.17, 15) is 4.79 Å². The second-order valence-electron chi connectivity index (χ2n) is 6.13. The molecule has 2 aromatic rings. The number of benzene rings is 2. The second kappa shape index (κ2) is 9.00. The van der Waals surface area contributed by atoms with Crippen molar-refractivity contribution < 1.29 is 9.53 Å². The Bertz CT molecular complexity index is 631. The number of carbonyl (C=O) groups excluding carboxylic acids is 1. The van der Waals surface area contributed by atoms with Crippen molar-refractivity contribution in [2.75, 3.05) is 14.1 Å². The number of likely N-dealkylation sites (N-methyl/N-ethyl adjacent to an activating group) is 1. The van der Waals surface area contributed by atoms with Crippen molar-refractivity contribution in [3.63, 3.8) is 0 Å². The molecule has 3 nitrogen and oxygen atoms in total. The van der Waals surface area contributed by atoms with Crippen LogP contribution in [0.25, 0.3) is 0 Å². The van der Waals surface area contributed by atoms with Gasteiger partial charge in [-0.1, -0.05) is 76.6 Å². The first kappa shape index (κ1) is 18.7. The third-order valence-electron chi connectivity index (χ3n) is 4.14. The lowest BCUT2D eigenvalue weighted by Gasteiger charge is -2.30. The van der Waals surface area contributed by atoms with Gasteiger partial charge in [0.15, 0.2) is 0 Å². The predicted octanol–water partition coefficient (Wildman–Crippen LogP) is 4.23. The first-order valence-electron chi connectivity index (χ1n) is 8.09. The minimum Gasteiger partial charge on any atom is -0.455 e. The summed E-state index contributed by atoms with van der Waals surface area (Å²) in [6.45, 7) is 2.06. The van der Waals surface area contributed by atoms with Gasteiger partial charge in [0.2, 0.25) is 0 Å². The number of carbonyl (C=O) groups is 1. The fourth-order valence-corrected chi connectivity index (χ4v) is 2.94. The van der Waals surface area contributed by atoms with Gasteiger partial charge in [-0.2, -0.15) is 0 Å². The summed E-state index contributed by atoms with van der Waals surface area (Å²) in [6.07, 6.45) is 0.307. The van der Waals surface area contributed by atoms with Crippen LogP contribution in [0.4, 0.5) is 0 Å². The normalized spacial score (nSPS) is 14.9. The summed E-state index contributed by atoms with van der Waals surface area (Å²) in [5.74, 6) is -0.235. The average Bonchev–Trinajstić information content (AvgIpc) is 2.60. The van der Waals surface area contributed by atoms with Gasteiger partial charge in [-0.3, -0.25) is 4.79 Å². The molecule has 0 fully saturated rings. The van der Waals surface area contributed by atoms with E-state index >= 15 is 0 Å². The van der Waals surface area contributed by atoms with Crippen LogP contribution in [0.2, 0.25) is 0 Å². The Kier molecular flexibility index (Phi) is 7.00. The highest BCUT2D eigenvalue weighted by Crippen LogP contribution is 2.26. The number of halogens is 1. The lowest BCUT2D eigenvalue weighted by Crippen LogP contribution is -2.35. The molecule has 3 atom stereocenters. The van der Waals surface area contributed by atoms with Crippen LogP contribution in [-0.2, 0) is 16.0 Å². The minimum absolute atomic E-state index is 0.0766. The van der Waals surface area contributed by atoms with Gasteiger partial charge >= 0.3 is 5.97 Å². The number of alkyl halides is 1. The van der Waals surface area contributed by atoms with Crippen LogP contribution in [0.5, 0.6) is 0 Å². The maximum Gasteiger partial charge on any atom is 0.320 e. The molecule has 0 radical (unpaired) electrons. The summed E-state index contributed by atoms with van der Waals surface area (Å²) < 4.78 is 5.87. The van der Waals surface area contributed by atoms with E-state index in [4.69, 9.17) is 4.74 Å². The molecule has 0 N–H and O–H groups in total. The Morgan fingerprint density at radius 2 is 1.58 bits per heavy atom. The summed E-state index contributed by atoms with van der Waals surface area (Å²) in [6, 6.07) is 19.9. The van der Waals surface area contributed by atoms with Crippen LogP contribution in [0, 0.1) is 0 Å². The predicted molar refractivity (Wildman–Crippen MR) is 101 cm³/mol. The highest BCUT2D eigenvalue weighted by molar-refractivity contribution is 9.10. The molecule has 24 heavy (non-hydrogen) atoms. The quantitative estimate of drug-likeness (QED) is 0.524. The molecule has 0 amide bonds. The summed E-state index contributed by atoms with van der Waals surface area (Å²) in [7, 11) is 3.98. The highest BCUT2D eigenvalue weighted by atomic mass is 79.9. The first-order chi connectivity index (χ1) is 11.5. The van der Waals surface area contributed by atoms with Gasteiger partial charge in [0.1, 0.15) is 10.9 Å². The largest absolute Gasteiger partial charge is 0.455 e. The van der Waals surface area contributed by atoms with Gasteiger partial charge in [-0.25, -0.2) is 0 Å². The van der Waals surface area contributed by atoms with Crippen molar-refractivity contribution in [1.29, 1.82) is 0 Å². The van der Waals surface area contributed by atoms with Crippen molar-refractivity contribution in [1.82, 2.24) is 4.90 Å². The van der Waals surface area contributed by atoms with E-state index in [1.807, 2.05) is 74.8 Å². The van der Waals surface area contributed by atoms with Crippen LogP contribution >= 0.6 is 15.9 Å². The number of ether oxygens (including phenoxy) is 1. The molecule has 0 aliphatic rings. The Balaban J connectivity index is 2.09. The molecule has 0 heterocycles. The molecule has 0 spiro atoms. The number of hydrogen-bond donors (Lipinski definition) is 0. The van der Waals surface area contributed by atoms with Crippen molar-refractivity contribution in [3.05, 3.63) is 71.8 Å². The number of nitrogens with zero attached hydrogens (tertiary/aromatic N) is 1. The summed E-state index contributed by atoms with van der Waals surface area (Å²) >= 11 is 3.48. The molecule has 1 unspecified atom stereocenters. The zero-order valence-electron chi connectivity index (χ0n) is 14.4. The molecule has 2 rings (SSSR count). The van der Waals surface area contributed by atoms with E-state index in [0.717, 1.165) is 11.1 Å². The zero-order valence-corrected chi connectivity index (χ0v) is 15.9. The number of hydrogen-bond acceptors (Lipinski definition) is 3. The van der Waals surface area contributed by atoms with Crippen molar-refractivity contribution in [3.8, 4) is 0 Å². The van der Waals surface area contributed by atoms with Gasteiger partial charge in [0, 0.05) is 6.04 Å². The third-order valence-corrected chi connectivity index (χ3v) is 4.83. The minimum atomic E-state index is -0.361. The topological polar surface area (TPSA) is 29.5 Å². The van der Waals surface area contributed by atoms with E-state index in [0.29, 0.717) is 6.42 Å². The Morgan fingerprint density at radius 1 is 1.04 bits per heavy atom. The average molecular weight is 390 g/mol. The van der Waals surface area contributed by atoms with Crippen LogP contribution in [0.15, 0.2) is 60.7 Å². The van der Waals surface area contributed by atoms with Crippen molar-refractivity contribution in [2.45, 2.75) is 30.3 Å². The van der Waals surface area contributed by atoms with Crippen LogP contribution in [-0.4, -0.2) is 35.8 Å². The zero-order chi connectivity index (χ0) is 17.5. The lowest BCUT2D eigenvalue weighted by molar-refractivity contribution is -0.151. The number of rotatable bonds is 7. The molecule has 0 aliphatic heterocycles. The molecule has 0 aromatic heterocycles. The Labute approximate surface area is 152 Å². The van der Waals surface area contributed by atoms with E-state index in [1.54, 1.807) is 0 Å². The molecule has 2 aromatic carbocycles. The van der Waals surface area contributed by atoms with Crippen molar-refractivity contribution >= 4 is 21.9 Å². The van der Waals surface area contributed by atoms with Crippen LogP contribution in [0.1, 0.15) is 24.2 Å². The molecular weight excluding hydrogens is 366 g/mol. The van der Waals surface area contributed by atoms with E-state index in [2.05, 4.69) is 27.8 Å². The molecule has 0 saturated heterocycles. The van der Waals surface area contributed by atoms with Crippen LogP contribution < -0.4 is 0 Å². The molecule has 4 heteroatoms. The monoisotopic (exact) mass is 389 g/mol. The van der Waals surface area contributed by atoms with Gasteiger partial charge in [-0.15, -0.1) is 0 Å². The van der Waals surface area contributed by atoms with Crippen LogP contribution in [0.3, 0.4) is 0 Å². The van der Waals surface area contributed by atoms with E-state index in [-0.39, 0.29) is 22.9 Å². The maximum absolute atomic E-state index is 12.6. The molecule has 0 aliphatic carbocycles. The van der Waals surface area contributed by atoms with Gasteiger partial charge in [-0.05, 0) is 38.6 Å². The summed E-state index contributed by atoms with van der Waals surface area (Å²) in [4.78, 5) is 14.3. The lowest BCUT2D eigenvalue weighted by atomic mass is 10.0. The number of esters is 1. The maximum atomic E-state index is 12.6. The fraction of sp³-hybridized carbons (Fsp3) is 0.350. The van der Waals surface area contributed by atoms with E-state index < -0.39 is 0 Å².